The number of hydrogen-bond donors (Lipinski definition) is 2. The van der Waals surface area contributed by atoms with E-state index < -0.39 is 5.82 Å². The first-order valence-corrected chi connectivity index (χ1v) is 12.5. The van der Waals surface area contributed by atoms with E-state index in [1.807, 2.05) is 14.1 Å². The quantitative estimate of drug-likeness (QED) is 0.371. The van der Waals surface area contributed by atoms with Crippen molar-refractivity contribution in [1.82, 2.24) is 9.88 Å². The largest absolute Gasteiger partial charge is 0.507 e. The van der Waals surface area contributed by atoms with Crippen LogP contribution in [0.5, 0.6) is 5.75 Å². The second-order valence-corrected chi connectivity index (χ2v) is 9.67. The molecule has 0 atom stereocenters. The zero-order valence-corrected chi connectivity index (χ0v) is 22.2. The third-order valence-corrected chi connectivity index (χ3v) is 6.41. The molecule has 2 heterocycles. The zero-order valence-electron chi connectivity index (χ0n) is 21.4. The minimum Gasteiger partial charge on any atom is -0.507 e. The zero-order chi connectivity index (χ0) is 27.4. The predicted molar refractivity (Wildman–Crippen MR) is 149 cm³/mol. The SMILES string of the molecule is CC(=O)Nc1cc(-c2cc(F)cc(-c3ccc(N(C=O)/C=C\N(C)C)c(Cl)c3)c2O)cc(N2CCCC2)n1. The Labute approximate surface area is 225 Å². The Morgan fingerprint density at radius 3 is 2.37 bits per heavy atom. The van der Waals surface area contributed by atoms with Crippen LogP contribution in [0.1, 0.15) is 19.8 Å². The molecule has 0 saturated carbocycles. The summed E-state index contributed by atoms with van der Waals surface area (Å²) >= 11 is 6.50. The highest BCUT2D eigenvalue weighted by molar-refractivity contribution is 6.34. The van der Waals surface area contributed by atoms with Gasteiger partial charge in [-0.15, -0.1) is 0 Å². The number of aromatic hydroxyl groups is 1. The Kier molecular flexibility index (Phi) is 8.16. The van der Waals surface area contributed by atoms with Crippen LogP contribution < -0.4 is 15.1 Å². The number of amides is 2. The van der Waals surface area contributed by atoms with E-state index >= 15 is 0 Å². The molecule has 0 aliphatic carbocycles. The molecule has 1 aliphatic heterocycles. The van der Waals surface area contributed by atoms with E-state index in [9.17, 15) is 19.1 Å². The predicted octanol–water partition coefficient (Wildman–Crippen LogP) is 5.47. The Balaban J connectivity index is 1.78. The molecule has 2 amide bonds. The number of hydrogen-bond acceptors (Lipinski definition) is 6. The molecule has 0 spiro atoms. The fourth-order valence-corrected chi connectivity index (χ4v) is 4.60. The van der Waals surface area contributed by atoms with Crippen molar-refractivity contribution in [2.24, 2.45) is 0 Å². The molecule has 2 aromatic carbocycles. The number of aromatic nitrogens is 1. The van der Waals surface area contributed by atoms with E-state index in [-0.39, 0.29) is 27.8 Å². The minimum absolute atomic E-state index is 0.151. The summed E-state index contributed by atoms with van der Waals surface area (Å²) in [5.74, 6) is -0.0413. The summed E-state index contributed by atoms with van der Waals surface area (Å²) in [6.07, 6.45) is 5.95. The van der Waals surface area contributed by atoms with E-state index in [0.717, 1.165) is 25.9 Å². The van der Waals surface area contributed by atoms with Gasteiger partial charge in [-0.05, 0) is 60.4 Å². The van der Waals surface area contributed by atoms with Crippen LogP contribution in [-0.2, 0) is 9.59 Å². The van der Waals surface area contributed by atoms with Crippen molar-refractivity contribution in [2.75, 3.05) is 42.3 Å². The van der Waals surface area contributed by atoms with Gasteiger partial charge in [0.1, 0.15) is 23.2 Å². The number of nitrogens with zero attached hydrogens (tertiary/aromatic N) is 4. The molecule has 8 nitrogen and oxygen atoms in total. The number of carbonyl (C=O) groups is 2. The van der Waals surface area contributed by atoms with Crippen LogP contribution in [0, 0.1) is 5.82 Å². The van der Waals surface area contributed by atoms with Gasteiger partial charge in [-0.3, -0.25) is 14.5 Å². The molecular formula is C28H29ClFN5O3. The maximum Gasteiger partial charge on any atom is 0.222 e. The number of pyridine rings is 1. The minimum atomic E-state index is -0.558. The molecule has 1 saturated heterocycles. The number of phenols is 1. The van der Waals surface area contributed by atoms with Crippen LogP contribution in [0.3, 0.4) is 0 Å². The van der Waals surface area contributed by atoms with Crippen molar-refractivity contribution in [2.45, 2.75) is 19.8 Å². The highest BCUT2D eigenvalue weighted by Gasteiger charge is 2.20. The van der Waals surface area contributed by atoms with Crippen molar-refractivity contribution in [3.05, 3.63) is 65.7 Å². The fraction of sp³-hybridized carbons (Fsp3) is 0.250. The third-order valence-electron chi connectivity index (χ3n) is 6.11. The van der Waals surface area contributed by atoms with Gasteiger partial charge in [0, 0.05) is 57.6 Å². The Morgan fingerprint density at radius 1 is 1.08 bits per heavy atom. The molecule has 0 unspecified atom stereocenters. The van der Waals surface area contributed by atoms with Crippen LogP contribution in [0.25, 0.3) is 22.3 Å². The lowest BCUT2D eigenvalue weighted by atomic mass is 9.97. The highest BCUT2D eigenvalue weighted by Crippen LogP contribution is 2.42. The second kappa shape index (κ2) is 11.5. The van der Waals surface area contributed by atoms with Gasteiger partial charge >= 0.3 is 0 Å². The van der Waals surface area contributed by atoms with E-state index in [4.69, 9.17) is 11.6 Å². The fourth-order valence-electron chi connectivity index (χ4n) is 4.32. The number of carbonyl (C=O) groups excluding carboxylic acids is 2. The van der Waals surface area contributed by atoms with E-state index in [0.29, 0.717) is 34.9 Å². The lowest BCUT2D eigenvalue weighted by Crippen LogP contribution is -2.20. The molecule has 1 fully saturated rings. The van der Waals surface area contributed by atoms with Gasteiger partial charge < -0.3 is 20.2 Å². The summed E-state index contributed by atoms with van der Waals surface area (Å²) < 4.78 is 14.9. The Bertz CT molecular complexity index is 1390. The van der Waals surface area contributed by atoms with E-state index in [1.54, 1.807) is 47.6 Å². The number of benzene rings is 2. The molecule has 3 aromatic rings. The van der Waals surface area contributed by atoms with Crippen LogP contribution in [0.4, 0.5) is 21.7 Å². The highest BCUT2D eigenvalue weighted by atomic mass is 35.5. The van der Waals surface area contributed by atoms with Gasteiger partial charge in [0.05, 0.1) is 10.7 Å². The first kappa shape index (κ1) is 26.9. The lowest BCUT2D eigenvalue weighted by molar-refractivity contribution is -0.114. The molecule has 0 radical (unpaired) electrons. The molecule has 0 bridgehead atoms. The Hall–Kier alpha value is -4.11. The van der Waals surface area contributed by atoms with Gasteiger partial charge in [-0.1, -0.05) is 17.7 Å². The smallest absolute Gasteiger partial charge is 0.222 e. The monoisotopic (exact) mass is 537 g/mol. The van der Waals surface area contributed by atoms with Gasteiger partial charge in [-0.2, -0.15) is 0 Å². The van der Waals surface area contributed by atoms with Crippen LogP contribution in [0.2, 0.25) is 5.02 Å². The van der Waals surface area contributed by atoms with E-state index in [1.165, 1.54) is 24.0 Å². The van der Waals surface area contributed by atoms with Gasteiger partial charge in [0.2, 0.25) is 12.3 Å². The maximum atomic E-state index is 14.9. The lowest BCUT2D eigenvalue weighted by Gasteiger charge is -2.20. The average Bonchev–Trinajstić information content (AvgIpc) is 3.41. The topological polar surface area (TPSA) is 89.0 Å². The first-order valence-electron chi connectivity index (χ1n) is 12.1. The van der Waals surface area contributed by atoms with Crippen molar-refractivity contribution in [1.29, 1.82) is 0 Å². The number of phenolic OH excluding ortho intramolecular Hbond substituents is 1. The van der Waals surface area contributed by atoms with Crippen LogP contribution in [0.15, 0.2) is 54.9 Å². The molecule has 4 rings (SSSR count). The number of nitrogens with one attached hydrogen (secondary N) is 1. The summed E-state index contributed by atoms with van der Waals surface area (Å²) in [7, 11) is 3.65. The first-order chi connectivity index (χ1) is 18.2. The normalized spacial score (nSPS) is 13.1. The van der Waals surface area contributed by atoms with Crippen molar-refractivity contribution < 1.29 is 19.1 Å². The van der Waals surface area contributed by atoms with Crippen LogP contribution in [-0.4, -0.2) is 54.5 Å². The second-order valence-electron chi connectivity index (χ2n) is 9.26. The molecule has 38 heavy (non-hydrogen) atoms. The number of anilines is 3. The van der Waals surface area contributed by atoms with E-state index in [2.05, 4.69) is 15.2 Å². The molecule has 10 heteroatoms. The summed E-state index contributed by atoms with van der Waals surface area (Å²) in [4.78, 5) is 33.1. The summed E-state index contributed by atoms with van der Waals surface area (Å²) in [6.45, 7) is 3.03. The summed E-state index contributed by atoms with van der Waals surface area (Å²) in [6, 6.07) is 10.7. The van der Waals surface area contributed by atoms with Gasteiger partial charge in [-0.25, -0.2) is 9.37 Å². The molecule has 1 aromatic heterocycles. The maximum absolute atomic E-state index is 14.9. The average molecular weight is 538 g/mol. The third kappa shape index (κ3) is 6.06. The van der Waals surface area contributed by atoms with Gasteiger partial charge in [0.25, 0.3) is 0 Å². The molecule has 1 aliphatic rings. The number of rotatable bonds is 8. The number of halogens is 2. The van der Waals surface area contributed by atoms with Crippen LogP contribution >= 0.6 is 11.6 Å². The van der Waals surface area contributed by atoms with Crippen molar-refractivity contribution >= 4 is 41.2 Å². The van der Waals surface area contributed by atoms with Crippen molar-refractivity contribution in [3.63, 3.8) is 0 Å². The molecule has 198 valence electrons. The molecular weight excluding hydrogens is 509 g/mol. The summed E-state index contributed by atoms with van der Waals surface area (Å²) in [5.41, 5.74) is 1.89. The standard InChI is InChI=1S/C28H29ClFN5O3/c1-18(37)31-26-13-20(14-27(32-26)34-8-4-5-9-34)23-16-21(30)15-22(28(23)38)19-6-7-25(24(29)12-19)35(17-36)11-10-33(2)3/h6-7,10-17,38H,4-5,8-9H2,1-3H3,(H,31,32,37)/b11-10-. The van der Waals surface area contributed by atoms with Crippen molar-refractivity contribution in [3.8, 4) is 28.0 Å². The molecule has 2 N–H and O–H groups in total. The van der Waals surface area contributed by atoms with Gasteiger partial charge in [0.15, 0.2) is 0 Å². The Morgan fingerprint density at radius 2 is 1.76 bits per heavy atom. The summed E-state index contributed by atoms with van der Waals surface area (Å²) in [5, 5.41) is 14.2.